The van der Waals surface area contributed by atoms with Crippen LogP contribution in [0, 0.1) is 0 Å². The van der Waals surface area contributed by atoms with Crippen molar-refractivity contribution in [1.82, 2.24) is 45.4 Å². The van der Waals surface area contributed by atoms with Gasteiger partial charge in [-0.05, 0) is 60.1 Å². The molecule has 4 N–H and O–H groups in total. The Labute approximate surface area is 367 Å². The second-order valence-electron chi connectivity index (χ2n) is 16.1. The fourth-order valence-corrected chi connectivity index (χ4v) is 9.22. The molecule has 64 heavy (non-hydrogen) atoms. The standard InChI is InChI=1S/C48H44N10O6/c1-63-47(61)55-34-20-17-30-10-6-11-32-23-40(58(42(30)32)45(34)59)44-51-25-37(53-44)28-15-13-27(14-16-28)36-24-49-35-22-31(18-19-33(35)52-36)38-26-50-43(54-38)39-12-7-21-57(39)46(60)41(56-48(62)64-2)29-8-4-3-5-9-29/h3-6,8-11,13-16,18-19,22,24-26,34,39-41H,7,12,17,20-21,23H2,1-2H3,(H,50,54)(H,51,53)(H,55,61)(H,56,62)/t34-,39-,40-,41+/m0/s1. The van der Waals surface area contributed by atoms with Crippen molar-refractivity contribution in [3.8, 4) is 33.8 Å². The third-order valence-corrected chi connectivity index (χ3v) is 12.4. The Morgan fingerprint density at radius 1 is 0.734 bits per heavy atom. The maximum absolute atomic E-state index is 14.0. The van der Waals surface area contributed by atoms with E-state index in [1.807, 2.05) is 91.0 Å². The fourth-order valence-electron chi connectivity index (χ4n) is 9.22. The summed E-state index contributed by atoms with van der Waals surface area (Å²) >= 11 is 0. The normalized spacial score (nSPS) is 18.3. The lowest BCUT2D eigenvalue weighted by Crippen LogP contribution is -2.48. The van der Waals surface area contributed by atoms with Crippen LogP contribution in [-0.4, -0.2) is 85.6 Å². The Kier molecular flexibility index (Phi) is 10.5. The largest absolute Gasteiger partial charge is 0.453 e. The van der Waals surface area contributed by atoms with Crippen molar-refractivity contribution in [1.29, 1.82) is 0 Å². The van der Waals surface area contributed by atoms with Crippen LogP contribution in [-0.2, 0) is 31.9 Å². The molecule has 4 amide bonds. The van der Waals surface area contributed by atoms with E-state index in [0.29, 0.717) is 48.5 Å². The van der Waals surface area contributed by atoms with E-state index in [-0.39, 0.29) is 23.9 Å². The van der Waals surface area contributed by atoms with Crippen molar-refractivity contribution in [3.05, 3.63) is 138 Å². The lowest BCUT2D eigenvalue weighted by atomic mass is 10.0. The first kappa shape index (κ1) is 40.2. The molecule has 16 heteroatoms. The summed E-state index contributed by atoms with van der Waals surface area (Å²) in [7, 11) is 2.57. The number of amides is 4. The van der Waals surface area contributed by atoms with Crippen LogP contribution in [0.25, 0.3) is 44.8 Å². The van der Waals surface area contributed by atoms with Crippen LogP contribution in [0.2, 0.25) is 0 Å². The Bertz CT molecular complexity index is 2910. The third-order valence-electron chi connectivity index (χ3n) is 12.4. The number of imidazole rings is 2. The third kappa shape index (κ3) is 7.46. The molecular weight excluding hydrogens is 813 g/mol. The van der Waals surface area contributed by atoms with Gasteiger partial charge in [0.2, 0.25) is 5.91 Å². The molecule has 0 spiro atoms. The molecule has 3 aromatic heterocycles. The predicted octanol–water partition coefficient (Wildman–Crippen LogP) is 7.14. The number of carbonyl (C=O) groups is 4. The average Bonchev–Trinajstić information content (AvgIpc) is 4.17. The van der Waals surface area contributed by atoms with E-state index in [1.54, 1.807) is 28.4 Å². The van der Waals surface area contributed by atoms with Gasteiger partial charge in [0.15, 0.2) is 0 Å². The summed E-state index contributed by atoms with van der Waals surface area (Å²) in [6, 6.07) is 26.9. The highest BCUT2D eigenvalue weighted by atomic mass is 16.5. The van der Waals surface area contributed by atoms with Crippen LogP contribution in [0.3, 0.4) is 0 Å². The minimum Gasteiger partial charge on any atom is -0.453 e. The number of likely N-dealkylation sites (tertiary alicyclic amines) is 1. The number of ether oxygens (including phenoxy) is 2. The number of methoxy groups -OCH3 is 2. The number of hydrogen-bond donors (Lipinski definition) is 4. The lowest BCUT2D eigenvalue weighted by molar-refractivity contribution is -0.134. The summed E-state index contributed by atoms with van der Waals surface area (Å²) in [5.41, 5.74) is 10.2. The van der Waals surface area contributed by atoms with Gasteiger partial charge in [0.1, 0.15) is 23.7 Å². The van der Waals surface area contributed by atoms with Crippen molar-refractivity contribution in [3.63, 3.8) is 0 Å². The van der Waals surface area contributed by atoms with E-state index < -0.39 is 24.3 Å². The van der Waals surface area contributed by atoms with Gasteiger partial charge >= 0.3 is 12.2 Å². The number of nitrogens with zero attached hydrogens (tertiary/aromatic N) is 6. The summed E-state index contributed by atoms with van der Waals surface area (Å²) in [4.78, 5) is 82.0. The average molecular weight is 857 g/mol. The number of alkyl carbamates (subject to hydrolysis) is 2. The van der Waals surface area contributed by atoms with Crippen molar-refractivity contribution < 1.29 is 28.7 Å². The number of rotatable bonds is 9. The van der Waals surface area contributed by atoms with Gasteiger partial charge in [0.05, 0.1) is 78.7 Å². The zero-order valence-corrected chi connectivity index (χ0v) is 35.1. The number of H-pyrrole nitrogens is 2. The number of benzene rings is 4. The van der Waals surface area contributed by atoms with E-state index in [2.05, 4.69) is 20.6 Å². The number of nitrogens with one attached hydrogen (secondary N) is 4. The number of aromatic amines is 2. The molecule has 3 aliphatic rings. The Balaban J connectivity index is 0.836. The van der Waals surface area contributed by atoms with Crippen LogP contribution in [0.5, 0.6) is 0 Å². The minimum atomic E-state index is -0.900. The summed E-state index contributed by atoms with van der Waals surface area (Å²) in [5, 5.41) is 5.44. The maximum atomic E-state index is 14.0. The number of aryl methyl sites for hydroxylation is 1. The van der Waals surface area contributed by atoms with E-state index in [4.69, 9.17) is 29.4 Å². The van der Waals surface area contributed by atoms with Gasteiger partial charge in [0, 0.05) is 24.1 Å². The van der Waals surface area contributed by atoms with Gasteiger partial charge in [-0.25, -0.2) is 24.5 Å². The number of para-hydroxylation sites is 1. The molecule has 0 radical (unpaired) electrons. The molecular formula is C48H44N10O6. The molecule has 4 atom stereocenters. The van der Waals surface area contributed by atoms with Crippen molar-refractivity contribution >= 4 is 40.7 Å². The number of aromatic nitrogens is 6. The van der Waals surface area contributed by atoms with E-state index in [0.717, 1.165) is 68.9 Å². The number of anilines is 1. The Hall–Kier alpha value is -7.88. The molecule has 7 aromatic rings. The summed E-state index contributed by atoms with van der Waals surface area (Å²) < 4.78 is 9.65. The molecule has 0 unspecified atom stereocenters. The van der Waals surface area contributed by atoms with Gasteiger partial charge in [-0.3, -0.25) is 19.5 Å². The van der Waals surface area contributed by atoms with E-state index in [1.165, 1.54) is 14.2 Å². The quantitative estimate of drug-likeness (QED) is 0.116. The van der Waals surface area contributed by atoms with Crippen molar-refractivity contribution in [2.24, 2.45) is 0 Å². The topological polar surface area (TPSA) is 200 Å². The lowest BCUT2D eigenvalue weighted by Gasteiger charge is -2.28. The second-order valence-corrected chi connectivity index (χ2v) is 16.1. The van der Waals surface area contributed by atoms with Crippen molar-refractivity contribution in [2.75, 3.05) is 25.7 Å². The first-order valence-corrected chi connectivity index (χ1v) is 21.2. The number of fused-ring (bicyclic) bond motifs is 1. The fraction of sp³-hybridized carbons (Fsp3) is 0.250. The molecule has 6 heterocycles. The van der Waals surface area contributed by atoms with Crippen LogP contribution >= 0.6 is 0 Å². The molecule has 322 valence electrons. The summed E-state index contributed by atoms with van der Waals surface area (Å²) in [6.07, 6.45) is 7.25. The smallest absolute Gasteiger partial charge is 0.407 e. The molecule has 16 nitrogen and oxygen atoms in total. The molecule has 10 rings (SSSR count). The predicted molar refractivity (Wildman–Crippen MR) is 237 cm³/mol. The van der Waals surface area contributed by atoms with Crippen LogP contribution < -0.4 is 15.5 Å². The monoisotopic (exact) mass is 856 g/mol. The van der Waals surface area contributed by atoms with E-state index >= 15 is 0 Å². The number of carbonyl (C=O) groups excluding carboxylic acids is 4. The Morgan fingerprint density at radius 3 is 2.20 bits per heavy atom. The van der Waals surface area contributed by atoms with Crippen LogP contribution in [0.4, 0.5) is 15.3 Å². The minimum absolute atomic E-state index is 0.184. The molecule has 1 fully saturated rings. The second kappa shape index (κ2) is 16.8. The molecule has 3 aliphatic heterocycles. The molecule has 4 aromatic carbocycles. The van der Waals surface area contributed by atoms with Crippen molar-refractivity contribution in [2.45, 2.75) is 56.3 Å². The molecule has 1 saturated heterocycles. The van der Waals surface area contributed by atoms with Gasteiger partial charge in [-0.2, -0.15) is 0 Å². The summed E-state index contributed by atoms with van der Waals surface area (Å²) in [6.45, 7) is 0.533. The Morgan fingerprint density at radius 2 is 1.44 bits per heavy atom. The highest BCUT2D eigenvalue weighted by Gasteiger charge is 2.43. The molecule has 0 saturated carbocycles. The molecule has 0 aliphatic carbocycles. The highest BCUT2D eigenvalue weighted by Crippen LogP contribution is 2.45. The summed E-state index contributed by atoms with van der Waals surface area (Å²) in [5.74, 6) is 0.917. The zero-order chi connectivity index (χ0) is 43.9. The van der Waals surface area contributed by atoms with Crippen LogP contribution in [0.15, 0.2) is 110 Å². The van der Waals surface area contributed by atoms with Gasteiger partial charge in [0.25, 0.3) is 5.91 Å². The SMILES string of the molecule is COC(=O)N[C@H]1CCc2cccc3c2N(C1=O)[C@H](c1ncc(-c2ccc(-c4cnc5cc(-c6cnc([C@@H]7CCCN7C(=O)[C@H](NC(=O)OC)c7ccccc7)[nH]6)ccc5n4)cc2)[nH]1)C3. The molecule has 0 bridgehead atoms. The van der Waals surface area contributed by atoms with Crippen LogP contribution in [0.1, 0.15) is 65.7 Å². The first-order chi connectivity index (χ1) is 31.3. The van der Waals surface area contributed by atoms with Gasteiger partial charge in [-0.15, -0.1) is 0 Å². The highest BCUT2D eigenvalue weighted by molar-refractivity contribution is 6.02. The van der Waals surface area contributed by atoms with Gasteiger partial charge in [-0.1, -0.05) is 78.9 Å². The first-order valence-electron chi connectivity index (χ1n) is 21.2. The van der Waals surface area contributed by atoms with E-state index in [9.17, 15) is 19.2 Å². The maximum Gasteiger partial charge on any atom is 0.407 e. The zero-order valence-electron chi connectivity index (χ0n) is 35.1. The number of hydrogen-bond acceptors (Lipinski definition) is 10. The van der Waals surface area contributed by atoms with Gasteiger partial charge < -0.3 is 35.0 Å².